The minimum Gasteiger partial charge on any atom is -0.395 e. The summed E-state index contributed by atoms with van der Waals surface area (Å²) in [7, 11) is -3.11. The summed E-state index contributed by atoms with van der Waals surface area (Å²) in [5, 5.41) is 22.0. The van der Waals surface area contributed by atoms with Gasteiger partial charge < -0.3 is 20.4 Å². The number of sulfone groups is 1. The lowest BCUT2D eigenvalue weighted by Gasteiger charge is -2.25. The second-order valence-corrected chi connectivity index (χ2v) is 5.97. The van der Waals surface area contributed by atoms with Crippen molar-refractivity contribution in [3.8, 4) is 0 Å². The van der Waals surface area contributed by atoms with E-state index in [1.54, 1.807) is 4.90 Å². The Labute approximate surface area is 106 Å². The van der Waals surface area contributed by atoms with Crippen LogP contribution in [0.3, 0.4) is 0 Å². The van der Waals surface area contributed by atoms with Gasteiger partial charge in [0, 0.05) is 18.5 Å². The third kappa shape index (κ3) is 4.58. The van der Waals surface area contributed by atoms with Crippen LogP contribution in [0.1, 0.15) is 0 Å². The second kappa shape index (κ2) is 6.29. The molecule has 0 spiro atoms. The van der Waals surface area contributed by atoms with Crippen molar-refractivity contribution in [1.82, 2.24) is 10.2 Å². The Morgan fingerprint density at radius 2 is 2.00 bits per heavy atom. The highest BCUT2D eigenvalue weighted by atomic mass is 32.2. The van der Waals surface area contributed by atoms with Gasteiger partial charge in [0.2, 0.25) is 0 Å². The first-order valence-electron chi connectivity index (χ1n) is 5.16. The van der Waals surface area contributed by atoms with Gasteiger partial charge in [0.25, 0.3) is 0 Å². The molecule has 0 aliphatic carbocycles. The molecule has 0 aromatic carbocycles. The summed E-state index contributed by atoms with van der Waals surface area (Å²) in [5.41, 5.74) is 0. The van der Waals surface area contributed by atoms with Crippen LogP contribution in [0.2, 0.25) is 0 Å². The molecule has 1 atom stereocenters. The number of rotatable bonds is 5. The van der Waals surface area contributed by atoms with E-state index < -0.39 is 9.84 Å². The molecule has 0 radical (unpaired) electrons. The Morgan fingerprint density at radius 3 is 2.41 bits per heavy atom. The van der Waals surface area contributed by atoms with Gasteiger partial charge in [0.1, 0.15) is 0 Å². The molecule has 1 aliphatic rings. The Balaban J connectivity index is 2.50. The van der Waals surface area contributed by atoms with Gasteiger partial charge in [0.15, 0.2) is 14.9 Å². The van der Waals surface area contributed by atoms with Crippen LogP contribution in [0.4, 0.5) is 0 Å². The minimum atomic E-state index is -3.11. The van der Waals surface area contributed by atoms with Crippen LogP contribution in [0.15, 0.2) is 11.5 Å². The molecule has 0 aromatic heterocycles. The van der Waals surface area contributed by atoms with Crippen LogP contribution in [0, 0.1) is 0 Å². The molecule has 0 bridgehead atoms. The number of thiocarbonyl (C=S) groups is 1. The molecule has 98 valence electrons. The SMILES string of the molecule is O=S1(=O)C=CC(NC(=S)N(CCO)CCO)C1. The van der Waals surface area contributed by atoms with Gasteiger partial charge in [-0.15, -0.1) is 0 Å². The highest BCUT2D eigenvalue weighted by molar-refractivity contribution is 7.94. The van der Waals surface area contributed by atoms with Crippen LogP contribution in [-0.2, 0) is 9.84 Å². The average molecular weight is 280 g/mol. The predicted octanol–water partition coefficient (Wildman–Crippen LogP) is -1.54. The van der Waals surface area contributed by atoms with Gasteiger partial charge in [-0.25, -0.2) is 8.42 Å². The van der Waals surface area contributed by atoms with Crippen LogP contribution < -0.4 is 5.32 Å². The summed E-state index contributed by atoms with van der Waals surface area (Å²) in [6, 6.07) is -0.340. The van der Waals surface area contributed by atoms with Crippen molar-refractivity contribution in [2.45, 2.75) is 6.04 Å². The normalized spacial score (nSPS) is 21.4. The van der Waals surface area contributed by atoms with Gasteiger partial charge in [-0.05, 0) is 18.3 Å². The molecule has 6 nitrogen and oxygen atoms in total. The second-order valence-electron chi connectivity index (χ2n) is 3.65. The summed E-state index contributed by atoms with van der Waals surface area (Å²) in [6.45, 7) is 0.437. The van der Waals surface area contributed by atoms with Crippen molar-refractivity contribution in [2.24, 2.45) is 0 Å². The Morgan fingerprint density at radius 1 is 1.41 bits per heavy atom. The number of nitrogens with zero attached hydrogens (tertiary/aromatic N) is 1. The van der Waals surface area contributed by atoms with Crippen LogP contribution in [0.25, 0.3) is 0 Å². The summed E-state index contributed by atoms with van der Waals surface area (Å²) in [4.78, 5) is 1.59. The fourth-order valence-corrected chi connectivity index (χ4v) is 3.04. The molecule has 3 N–H and O–H groups in total. The average Bonchev–Trinajstić information content (AvgIpc) is 2.57. The van der Waals surface area contributed by atoms with E-state index in [0.717, 1.165) is 5.41 Å². The molecule has 0 saturated heterocycles. The maximum absolute atomic E-state index is 11.2. The number of nitrogens with one attached hydrogen (secondary N) is 1. The summed E-state index contributed by atoms with van der Waals surface area (Å²) in [6.07, 6.45) is 1.54. The van der Waals surface area contributed by atoms with Gasteiger partial charge in [-0.1, -0.05) is 0 Å². The molecule has 0 amide bonds. The van der Waals surface area contributed by atoms with Gasteiger partial charge in [-0.3, -0.25) is 0 Å². The number of hydrogen-bond donors (Lipinski definition) is 3. The number of aliphatic hydroxyl groups is 2. The van der Waals surface area contributed by atoms with Crippen molar-refractivity contribution in [1.29, 1.82) is 0 Å². The van der Waals surface area contributed by atoms with E-state index in [0.29, 0.717) is 18.2 Å². The molecule has 0 aromatic rings. The van der Waals surface area contributed by atoms with Crippen molar-refractivity contribution < 1.29 is 18.6 Å². The van der Waals surface area contributed by atoms with Crippen LogP contribution in [0.5, 0.6) is 0 Å². The highest BCUT2D eigenvalue weighted by Gasteiger charge is 2.23. The number of aliphatic hydroxyl groups excluding tert-OH is 2. The van der Waals surface area contributed by atoms with Crippen LogP contribution in [-0.4, -0.2) is 66.7 Å². The fraction of sp³-hybridized carbons (Fsp3) is 0.667. The summed E-state index contributed by atoms with van der Waals surface area (Å²) < 4.78 is 22.4. The zero-order valence-electron chi connectivity index (χ0n) is 9.24. The summed E-state index contributed by atoms with van der Waals surface area (Å²) in [5.74, 6) is -0.0147. The quantitative estimate of drug-likeness (QED) is 0.526. The molecule has 17 heavy (non-hydrogen) atoms. The molecule has 1 aliphatic heterocycles. The van der Waals surface area contributed by atoms with Crippen LogP contribution >= 0.6 is 12.2 Å². The van der Waals surface area contributed by atoms with Gasteiger partial charge in [-0.2, -0.15) is 0 Å². The first kappa shape index (κ1) is 14.4. The molecular formula is C9H16N2O4S2. The Kier molecular flexibility index (Phi) is 5.31. The van der Waals surface area contributed by atoms with E-state index >= 15 is 0 Å². The third-order valence-electron chi connectivity index (χ3n) is 2.27. The zero-order chi connectivity index (χ0) is 12.9. The van der Waals surface area contributed by atoms with Crippen molar-refractivity contribution >= 4 is 27.2 Å². The molecule has 0 fully saturated rings. The van der Waals surface area contributed by atoms with E-state index in [-0.39, 0.29) is 25.0 Å². The standard InChI is InChI=1S/C9H16N2O4S2/c12-4-2-11(3-5-13)9(16)10-8-1-6-17(14,15)7-8/h1,6,8,12-13H,2-5,7H2,(H,10,16). The third-order valence-corrected chi connectivity index (χ3v) is 4.04. The van der Waals surface area contributed by atoms with Crippen molar-refractivity contribution in [2.75, 3.05) is 32.1 Å². The molecular weight excluding hydrogens is 264 g/mol. The summed E-state index contributed by atoms with van der Waals surface area (Å²) >= 11 is 5.08. The maximum atomic E-state index is 11.2. The van der Waals surface area contributed by atoms with E-state index in [4.69, 9.17) is 22.4 Å². The molecule has 8 heteroatoms. The monoisotopic (exact) mass is 280 g/mol. The van der Waals surface area contributed by atoms with Gasteiger partial charge >= 0.3 is 0 Å². The first-order chi connectivity index (χ1) is 7.98. The highest BCUT2D eigenvalue weighted by Crippen LogP contribution is 2.08. The molecule has 0 saturated carbocycles. The smallest absolute Gasteiger partial charge is 0.173 e. The zero-order valence-corrected chi connectivity index (χ0v) is 10.9. The van der Waals surface area contributed by atoms with E-state index in [2.05, 4.69) is 5.32 Å². The van der Waals surface area contributed by atoms with E-state index in [1.165, 1.54) is 6.08 Å². The van der Waals surface area contributed by atoms with E-state index in [9.17, 15) is 8.42 Å². The largest absolute Gasteiger partial charge is 0.395 e. The molecule has 1 rings (SSSR count). The lowest BCUT2D eigenvalue weighted by atomic mass is 10.3. The Bertz CT molecular complexity index is 388. The maximum Gasteiger partial charge on any atom is 0.173 e. The predicted molar refractivity (Wildman–Crippen MR) is 68.2 cm³/mol. The minimum absolute atomic E-state index is 0.0147. The van der Waals surface area contributed by atoms with Crippen molar-refractivity contribution in [3.63, 3.8) is 0 Å². The molecule has 1 heterocycles. The van der Waals surface area contributed by atoms with E-state index in [1.807, 2.05) is 0 Å². The topological polar surface area (TPSA) is 89.9 Å². The molecule has 1 unspecified atom stereocenters. The fourth-order valence-electron chi connectivity index (χ4n) is 1.47. The first-order valence-corrected chi connectivity index (χ1v) is 7.29. The lowest BCUT2D eigenvalue weighted by Crippen LogP contribution is -2.47. The van der Waals surface area contributed by atoms with Gasteiger partial charge in [0.05, 0.1) is 25.0 Å². The van der Waals surface area contributed by atoms with Crippen molar-refractivity contribution in [3.05, 3.63) is 11.5 Å². The Hall–Kier alpha value is -0.700. The number of hydrogen-bond acceptors (Lipinski definition) is 5. The lowest BCUT2D eigenvalue weighted by molar-refractivity contribution is 0.211.